The van der Waals surface area contributed by atoms with Crippen molar-refractivity contribution in [3.63, 3.8) is 0 Å². The first-order valence-corrected chi connectivity index (χ1v) is 10.4. The van der Waals surface area contributed by atoms with Crippen molar-refractivity contribution >= 4 is 27.3 Å². The maximum atomic E-state index is 12.5. The molecule has 7 nitrogen and oxygen atoms in total. The number of anilines is 2. The van der Waals surface area contributed by atoms with Gasteiger partial charge in [-0.3, -0.25) is 9.10 Å². The molecule has 2 aliphatic rings. The Kier molecular flexibility index (Phi) is 4.43. The third kappa shape index (κ3) is 3.32. The van der Waals surface area contributed by atoms with E-state index in [1.807, 2.05) is 6.07 Å². The number of benzene rings is 2. The fraction of sp³-hybridized carbons (Fsp3) is 0.316. The normalized spacial score (nSPS) is 15.4. The Balaban J connectivity index is 1.56. The molecule has 0 saturated heterocycles. The third-order valence-electron chi connectivity index (χ3n) is 4.75. The number of amides is 1. The van der Waals surface area contributed by atoms with Crippen molar-refractivity contribution < 1.29 is 22.7 Å². The number of carbonyl (C=O) groups is 1. The van der Waals surface area contributed by atoms with Gasteiger partial charge < -0.3 is 14.8 Å². The Hall–Kier alpha value is -2.74. The fourth-order valence-corrected chi connectivity index (χ4v) is 4.52. The average molecular weight is 388 g/mol. The molecule has 1 N–H and O–H groups in total. The Morgan fingerprint density at radius 2 is 1.96 bits per heavy atom. The molecule has 2 aromatic carbocycles. The van der Waals surface area contributed by atoms with Gasteiger partial charge in [-0.05, 0) is 61.7 Å². The minimum atomic E-state index is -3.30. The highest BCUT2D eigenvalue weighted by atomic mass is 32.2. The molecule has 2 aliphatic heterocycles. The Labute approximate surface area is 157 Å². The van der Waals surface area contributed by atoms with Crippen LogP contribution >= 0.6 is 0 Å². The molecule has 2 heterocycles. The highest BCUT2D eigenvalue weighted by Crippen LogP contribution is 2.34. The van der Waals surface area contributed by atoms with Crippen molar-refractivity contribution in [3.05, 3.63) is 47.5 Å². The number of rotatable bonds is 4. The molecule has 0 unspecified atom stereocenters. The van der Waals surface area contributed by atoms with Crippen LogP contribution < -0.4 is 19.1 Å². The molecule has 0 radical (unpaired) electrons. The van der Waals surface area contributed by atoms with Gasteiger partial charge in [0.05, 0.1) is 11.4 Å². The van der Waals surface area contributed by atoms with Gasteiger partial charge >= 0.3 is 0 Å². The monoisotopic (exact) mass is 388 g/mol. The van der Waals surface area contributed by atoms with Gasteiger partial charge in [0, 0.05) is 17.8 Å². The highest BCUT2D eigenvalue weighted by Gasteiger charge is 2.26. The largest absolute Gasteiger partial charge is 0.454 e. The van der Waals surface area contributed by atoms with E-state index in [4.69, 9.17) is 9.47 Å². The molecule has 0 spiro atoms. The number of nitrogens with zero attached hydrogens (tertiary/aromatic N) is 1. The van der Waals surface area contributed by atoms with E-state index in [-0.39, 0.29) is 18.5 Å². The van der Waals surface area contributed by atoms with Crippen LogP contribution in [0.1, 0.15) is 29.3 Å². The SMILES string of the molecule is CCS(=O)(=O)N1CCCc2cc(NC(=O)c3ccc4c(c3)OCO4)ccc21. The van der Waals surface area contributed by atoms with Crippen LogP contribution in [0.5, 0.6) is 11.5 Å². The number of hydrogen-bond acceptors (Lipinski definition) is 5. The zero-order valence-corrected chi connectivity index (χ0v) is 15.7. The van der Waals surface area contributed by atoms with E-state index in [1.54, 1.807) is 37.3 Å². The van der Waals surface area contributed by atoms with Crippen LogP contribution in [-0.4, -0.2) is 33.4 Å². The number of aryl methyl sites for hydroxylation is 1. The van der Waals surface area contributed by atoms with Crippen molar-refractivity contribution in [3.8, 4) is 11.5 Å². The number of fused-ring (bicyclic) bond motifs is 2. The fourth-order valence-electron chi connectivity index (χ4n) is 3.33. The van der Waals surface area contributed by atoms with Gasteiger partial charge in [0.2, 0.25) is 16.8 Å². The van der Waals surface area contributed by atoms with E-state index in [9.17, 15) is 13.2 Å². The smallest absolute Gasteiger partial charge is 0.255 e. The van der Waals surface area contributed by atoms with Crippen LogP contribution in [0.3, 0.4) is 0 Å². The topological polar surface area (TPSA) is 84.9 Å². The van der Waals surface area contributed by atoms with Crippen molar-refractivity contribution in [2.75, 3.05) is 28.7 Å². The molecule has 2 aromatic rings. The molecular weight excluding hydrogens is 368 g/mol. The summed E-state index contributed by atoms with van der Waals surface area (Å²) in [5.41, 5.74) is 2.71. The Morgan fingerprint density at radius 3 is 2.78 bits per heavy atom. The molecule has 0 bridgehead atoms. The summed E-state index contributed by atoms with van der Waals surface area (Å²) in [6, 6.07) is 10.4. The van der Waals surface area contributed by atoms with Gasteiger partial charge in [0.25, 0.3) is 5.91 Å². The molecule has 4 rings (SSSR count). The van der Waals surface area contributed by atoms with Gasteiger partial charge in [0.15, 0.2) is 11.5 Å². The lowest BCUT2D eigenvalue weighted by Crippen LogP contribution is -2.36. The second-order valence-corrected chi connectivity index (χ2v) is 8.62. The van der Waals surface area contributed by atoms with E-state index < -0.39 is 10.0 Å². The zero-order chi connectivity index (χ0) is 19.0. The van der Waals surface area contributed by atoms with Gasteiger partial charge in [-0.15, -0.1) is 0 Å². The predicted molar refractivity (Wildman–Crippen MR) is 102 cm³/mol. The first-order chi connectivity index (χ1) is 13.0. The zero-order valence-electron chi connectivity index (χ0n) is 14.9. The van der Waals surface area contributed by atoms with Gasteiger partial charge in [-0.2, -0.15) is 0 Å². The van der Waals surface area contributed by atoms with Crippen molar-refractivity contribution in [2.24, 2.45) is 0 Å². The van der Waals surface area contributed by atoms with Gasteiger partial charge in [-0.25, -0.2) is 8.42 Å². The van der Waals surface area contributed by atoms with Crippen LogP contribution in [0, 0.1) is 0 Å². The lowest BCUT2D eigenvalue weighted by atomic mass is 10.0. The summed E-state index contributed by atoms with van der Waals surface area (Å²) in [6.45, 7) is 2.29. The van der Waals surface area contributed by atoms with Crippen LogP contribution in [0.15, 0.2) is 36.4 Å². The minimum Gasteiger partial charge on any atom is -0.454 e. The second kappa shape index (κ2) is 6.77. The third-order valence-corrected chi connectivity index (χ3v) is 6.53. The number of hydrogen-bond donors (Lipinski definition) is 1. The maximum Gasteiger partial charge on any atom is 0.255 e. The summed E-state index contributed by atoms with van der Waals surface area (Å²) in [7, 11) is -3.30. The average Bonchev–Trinajstić information content (AvgIpc) is 3.15. The summed E-state index contributed by atoms with van der Waals surface area (Å²) in [4.78, 5) is 12.5. The first kappa shape index (κ1) is 17.7. The lowest BCUT2D eigenvalue weighted by Gasteiger charge is -2.30. The Morgan fingerprint density at radius 1 is 1.15 bits per heavy atom. The van der Waals surface area contributed by atoms with E-state index in [0.717, 1.165) is 18.4 Å². The van der Waals surface area contributed by atoms with Crippen molar-refractivity contribution in [1.82, 2.24) is 0 Å². The summed E-state index contributed by atoms with van der Waals surface area (Å²) in [6.07, 6.45) is 1.53. The molecule has 0 fully saturated rings. The summed E-state index contributed by atoms with van der Waals surface area (Å²) < 4.78 is 36.6. The van der Waals surface area contributed by atoms with Crippen LogP contribution in [0.2, 0.25) is 0 Å². The molecule has 27 heavy (non-hydrogen) atoms. The van der Waals surface area contributed by atoms with Gasteiger partial charge in [0.1, 0.15) is 0 Å². The molecule has 142 valence electrons. The molecular formula is C19H20N2O5S. The van der Waals surface area contributed by atoms with Crippen LogP contribution in [0.25, 0.3) is 0 Å². The van der Waals surface area contributed by atoms with Crippen molar-refractivity contribution in [2.45, 2.75) is 19.8 Å². The van der Waals surface area contributed by atoms with E-state index in [0.29, 0.717) is 35.0 Å². The highest BCUT2D eigenvalue weighted by molar-refractivity contribution is 7.92. The summed E-state index contributed by atoms with van der Waals surface area (Å²) >= 11 is 0. The van der Waals surface area contributed by atoms with Gasteiger partial charge in [-0.1, -0.05) is 0 Å². The molecule has 0 atom stereocenters. The molecule has 0 aliphatic carbocycles. The molecule has 0 saturated carbocycles. The first-order valence-electron chi connectivity index (χ1n) is 8.82. The predicted octanol–water partition coefficient (Wildman–Crippen LogP) is 2.77. The number of sulfonamides is 1. The van der Waals surface area contributed by atoms with Crippen LogP contribution in [-0.2, 0) is 16.4 Å². The van der Waals surface area contributed by atoms with E-state index in [1.165, 1.54) is 4.31 Å². The number of nitrogens with one attached hydrogen (secondary N) is 1. The lowest BCUT2D eigenvalue weighted by molar-refractivity contribution is 0.102. The second-order valence-electron chi connectivity index (χ2n) is 6.44. The molecule has 0 aromatic heterocycles. The number of carbonyl (C=O) groups excluding carboxylic acids is 1. The standard InChI is InChI=1S/C19H20N2O5S/c1-2-27(23,24)21-9-3-4-13-10-15(6-7-16(13)21)20-19(22)14-5-8-17-18(11-14)26-12-25-17/h5-8,10-11H,2-4,9,12H2,1H3,(H,20,22). The summed E-state index contributed by atoms with van der Waals surface area (Å²) in [5, 5.41) is 2.86. The Bertz CT molecular complexity index is 1000. The minimum absolute atomic E-state index is 0.0645. The molecule has 1 amide bonds. The molecule has 8 heteroatoms. The van der Waals surface area contributed by atoms with Crippen LogP contribution in [0.4, 0.5) is 11.4 Å². The van der Waals surface area contributed by atoms with Crippen molar-refractivity contribution in [1.29, 1.82) is 0 Å². The van der Waals surface area contributed by atoms with E-state index in [2.05, 4.69) is 5.32 Å². The summed E-state index contributed by atoms with van der Waals surface area (Å²) in [5.74, 6) is 0.975. The maximum absolute atomic E-state index is 12.5. The number of ether oxygens (including phenoxy) is 2. The van der Waals surface area contributed by atoms with E-state index >= 15 is 0 Å². The quantitative estimate of drug-likeness (QED) is 0.871.